The van der Waals surface area contributed by atoms with E-state index in [4.69, 9.17) is 5.73 Å². The van der Waals surface area contributed by atoms with Gasteiger partial charge in [0, 0.05) is 25.2 Å². The number of hydrogen-bond acceptors (Lipinski definition) is 3. The van der Waals surface area contributed by atoms with Crippen molar-refractivity contribution in [1.82, 2.24) is 9.80 Å². The van der Waals surface area contributed by atoms with Crippen molar-refractivity contribution in [2.24, 2.45) is 5.73 Å². The molecule has 2 unspecified atom stereocenters. The largest absolute Gasteiger partial charge is 0.329 e. The summed E-state index contributed by atoms with van der Waals surface area (Å²) in [6.07, 6.45) is 3.88. The van der Waals surface area contributed by atoms with Gasteiger partial charge in [0.1, 0.15) is 0 Å². The number of likely N-dealkylation sites (N-methyl/N-ethyl adjacent to an activating group) is 1. The maximum atomic E-state index is 5.85. The molecule has 1 aliphatic rings. The van der Waals surface area contributed by atoms with Crippen molar-refractivity contribution in [3.63, 3.8) is 0 Å². The average Bonchev–Trinajstić information content (AvgIpc) is 2.38. The van der Waals surface area contributed by atoms with Crippen LogP contribution in [0.4, 0.5) is 0 Å². The molecule has 0 radical (unpaired) electrons. The third-order valence-electron chi connectivity index (χ3n) is 3.70. The van der Waals surface area contributed by atoms with Gasteiger partial charge in [-0.05, 0) is 39.9 Å². The number of unbranched alkanes of at least 4 members (excludes halogenated alkanes) is 1. The van der Waals surface area contributed by atoms with Crippen LogP contribution in [-0.2, 0) is 0 Å². The quantitative estimate of drug-likeness (QED) is 0.760. The molecule has 0 aromatic heterocycles. The molecule has 1 rings (SSSR count). The summed E-state index contributed by atoms with van der Waals surface area (Å²) in [7, 11) is 2.21. The Kier molecular flexibility index (Phi) is 5.58. The van der Waals surface area contributed by atoms with Gasteiger partial charge < -0.3 is 10.6 Å². The number of nitrogens with zero attached hydrogens (tertiary/aromatic N) is 2. The van der Waals surface area contributed by atoms with E-state index in [0.29, 0.717) is 12.1 Å². The molecule has 90 valence electrons. The maximum absolute atomic E-state index is 5.85. The molecule has 2 atom stereocenters. The number of hydrogen-bond donors (Lipinski definition) is 1. The van der Waals surface area contributed by atoms with E-state index in [9.17, 15) is 0 Å². The summed E-state index contributed by atoms with van der Waals surface area (Å²) in [5.41, 5.74) is 5.85. The molecule has 0 spiro atoms. The molecule has 3 heteroatoms. The minimum Gasteiger partial charge on any atom is -0.329 e. The van der Waals surface area contributed by atoms with Crippen LogP contribution < -0.4 is 5.73 Å². The molecule has 0 aromatic rings. The van der Waals surface area contributed by atoms with Crippen LogP contribution in [0.15, 0.2) is 0 Å². The summed E-state index contributed by atoms with van der Waals surface area (Å²) in [6, 6.07) is 1.21. The van der Waals surface area contributed by atoms with E-state index >= 15 is 0 Å². The lowest BCUT2D eigenvalue weighted by Gasteiger charge is -2.30. The van der Waals surface area contributed by atoms with Crippen molar-refractivity contribution in [3.8, 4) is 0 Å². The highest BCUT2D eigenvalue weighted by Gasteiger charge is 2.25. The van der Waals surface area contributed by atoms with Crippen LogP contribution in [0.1, 0.15) is 33.1 Å². The molecule has 1 heterocycles. The third kappa shape index (κ3) is 3.74. The lowest BCUT2D eigenvalue weighted by Crippen LogP contribution is -2.46. The fraction of sp³-hybridized carbons (Fsp3) is 1.00. The normalized spacial score (nSPS) is 30.4. The summed E-state index contributed by atoms with van der Waals surface area (Å²) in [5, 5.41) is 0. The van der Waals surface area contributed by atoms with E-state index < -0.39 is 0 Å². The Labute approximate surface area is 94.6 Å². The standard InChI is InChI=1S/C12H27N3/c1-4-5-7-15-8-6-11(2)14(3)12(9-13)10-15/h11-12H,4-10,13H2,1-3H3. The van der Waals surface area contributed by atoms with Crippen LogP contribution in [-0.4, -0.2) is 55.1 Å². The van der Waals surface area contributed by atoms with E-state index in [1.807, 2.05) is 0 Å². The first kappa shape index (κ1) is 12.9. The van der Waals surface area contributed by atoms with Crippen molar-refractivity contribution in [2.75, 3.05) is 33.2 Å². The second kappa shape index (κ2) is 6.46. The predicted octanol–water partition coefficient (Wildman–Crippen LogP) is 1.14. The third-order valence-corrected chi connectivity index (χ3v) is 3.70. The number of rotatable bonds is 4. The minimum absolute atomic E-state index is 0.541. The average molecular weight is 213 g/mol. The Bertz CT molecular complexity index is 172. The predicted molar refractivity (Wildman–Crippen MR) is 66.0 cm³/mol. The van der Waals surface area contributed by atoms with Crippen LogP contribution in [0.2, 0.25) is 0 Å². The van der Waals surface area contributed by atoms with Crippen molar-refractivity contribution >= 4 is 0 Å². The number of nitrogens with two attached hydrogens (primary N) is 1. The zero-order valence-electron chi connectivity index (χ0n) is 10.6. The Balaban J connectivity index is 2.49. The van der Waals surface area contributed by atoms with Crippen molar-refractivity contribution in [2.45, 2.75) is 45.2 Å². The molecule has 1 fully saturated rings. The van der Waals surface area contributed by atoms with E-state index in [1.165, 1.54) is 32.4 Å². The second-order valence-electron chi connectivity index (χ2n) is 4.85. The van der Waals surface area contributed by atoms with Gasteiger partial charge in [-0.3, -0.25) is 4.90 Å². The molecule has 0 aliphatic carbocycles. The van der Waals surface area contributed by atoms with Crippen LogP contribution in [0.5, 0.6) is 0 Å². The SMILES string of the molecule is CCCCN1CCC(C)N(C)C(CN)C1. The van der Waals surface area contributed by atoms with Gasteiger partial charge in [-0.1, -0.05) is 13.3 Å². The maximum Gasteiger partial charge on any atom is 0.0345 e. The van der Waals surface area contributed by atoms with Crippen LogP contribution in [0.25, 0.3) is 0 Å². The minimum atomic E-state index is 0.541. The Morgan fingerprint density at radius 1 is 1.40 bits per heavy atom. The molecule has 0 aromatic carbocycles. The highest BCUT2D eigenvalue weighted by atomic mass is 15.2. The molecule has 1 saturated heterocycles. The lowest BCUT2D eigenvalue weighted by atomic mass is 10.2. The van der Waals surface area contributed by atoms with Gasteiger partial charge in [0.25, 0.3) is 0 Å². The van der Waals surface area contributed by atoms with Crippen molar-refractivity contribution in [3.05, 3.63) is 0 Å². The van der Waals surface area contributed by atoms with Gasteiger partial charge in [0.05, 0.1) is 0 Å². The summed E-state index contributed by atoms with van der Waals surface area (Å²) >= 11 is 0. The first-order valence-corrected chi connectivity index (χ1v) is 6.33. The zero-order valence-corrected chi connectivity index (χ0v) is 10.6. The second-order valence-corrected chi connectivity index (χ2v) is 4.85. The van der Waals surface area contributed by atoms with Crippen LogP contribution in [0, 0.1) is 0 Å². The van der Waals surface area contributed by atoms with Crippen molar-refractivity contribution in [1.29, 1.82) is 0 Å². The molecular weight excluding hydrogens is 186 g/mol. The van der Waals surface area contributed by atoms with Crippen LogP contribution in [0.3, 0.4) is 0 Å². The molecule has 3 nitrogen and oxygen atoms in total. The molecule has 0 bridgehead atoms. The molecule has 0 saturated carbocycles. The van der Waals surface area contributed by atoms with Gasteiger partial charge in [-0.25, -0.2) is 0 Å². The Hall–Kier alpha value is -0.120. The summed E-state index contributed by atoms with van der Waals surface area (Å²) < 4.78 is 0. The van der Waals surface area contributed by atoms with Crippen LogP contribution >= 0.6 is 0 Å². The fourth-order valence-electron chi connectivity index (χ4n) is 2.28. The van der Waals surface area contributed by atoms with Gasteiger partial charge in [-0.2, -0.15) is 0 Å². The van der Waals surface area contributed by atoms with E-state index in [-0.39, 0.29) is 0 Å². The molecule has 0 amide bonds. The van der Waals surface area contributed by atoms with E-state index in [1.54, 1.807) is 0 Å². The Morgan fingerprint density at radius 3 is 2.73 bits per heavy atom. The molecular formula is C12H27N3. The highest BCUT2D eigenvalue weighted by molar-refractivity contribution is 4.82. The first-order valence-electron chi connectivity index (χ1n) is 6.33. The lowest BCUT2D eigenvalue weighted by molar-refractivity contribution is 0.180. The van der Waals surface area contributed by atoms with Gasteiger partial charge in [0.2, 0.25) is 0 Å². The molecule has 1 aliphatic heterocycles. The van der Waals surface area contributed by atoms with Gasteiger partial charge in [-0.15, -0.1) is 0 Å². The smallest absolute Gasteiger partial charge is 0.0345 e. The van der Waals surface area contributed by atoms with Gasteiger partial charge >= 0.3 is 0 Å². The summed E-state index contributed by atoms with van der Waals surface area (Å²) in [6.45, 7) is 8.98. The Morgan fingerprint density at radius 2 is 2.13 bits per heavy atom. The topological polar surface area (TPSA) is 32.5 Å². The van der Waals surface area contributed by atoms with Gasteiger partial charge in [0.15, 0.2) is 0 Å². The van der Waals surface area contributed by atoms with E-state index in [0.717, 1.165) is 13.1 Å². The highest BCUT2D eigenvalue weighted by Crippen LogP contribution is 2.14. The fourth-order valence-corrected chi connectivity index (χ4v) is 2.28. The zero-order chi connectivity index (χ0) is 11.3. The van der Waals surface area contributed by atoms with Crippen molar-refractivity contribution < 1.29 is 0 Å². The molecule has 15 heavy (non-hydrogen) atoms. The monoisotopic (exact) mass is 213 g/mol. The summed E-state index contributed by atoms with van der Waals surface area (Å²) in [4.78, 5) is 5.03. The summed E-state index contributed by atoms with van der Waals surface area (Å²) in [5.74, 6) is 0. The van der Waals surface area contributed by atoms with E-state index in [2.05, 4.69) is 30.7 Å². The molecule has 2 N–H and O–H groups in total. The first-order chi connectivity index (χ1) is 7.19.